The van der Waals surface area contributed by atoms with E-state index in [1.807, 2.05) is 0 Å². The van der Waals surface area contributed by atoms with Crippen molar-refractivity contribution in [3.8, 4) is 0 Å². The van der Waals surface area contributed by atoms with Gasteiger partial charge in [0.05, 0.1) is 17.7 Å². The maximum Gasteiger partial charge on any atom is 0.338 e. The summed E-state index contributed by atoms with van der Waals surface area (Å²) in [7, 11) is 0. The van der Waals surface area contributed by atoms with Gasteiger partial charge in [-0.15, -0.1) is 0 Å². The fourth-order valence-corrected chi connectivity index (χ4v) is 2.61. The first kappa shape index (κ1) is 14.5. The molecule has 0 aliphatic heterocycles. The number of nitrogens with zero attached hydrogens (tertiary/aromatic N) is 1. The number of rotatable bonds is 4. The van der Waals surface area contributed by atoms with Gasteiger partial charge in [-0.25, -0.2) is 4.79 Å². The quantitative estimate of drug-likeness (QED) is 0.768. The van der Waals surface area contributed by atoms with Crippen LogP contribution in [0.3, 0.4) is 0 Å². The number of hydrogen-bond acceptors (Lipinski definition) is 4. The van der Waals surface area contributed by atoms with Crippen LogP contribution in [0.15, 0.2) is 18.3 Å². The summed E-state index contributed by atoms with van der Waals surface area (Å²) >= 11 is 0. The number of aliphatic hydroxyl groups is 1. The molecule has 0 unspecified atom stereocenters. The number of carboxylic acid groups (broad SMARTS) is 1. The lowest BCUT2D eigenvalue weighted by atomic mass is 9.82. The molecule has 3 N–H and O–H groups in total. The second-order valence-electron chi connectivity index (χ2n) is 5.16. The van der Waals surface area contributed by atoms with Gasteiger partial charge in [-0.1, -0.05) is 19.3 Å². The molecule has 0 aromatic carbocycles. The number of aliphatic hydroxyl groups excluding tert-OH is 1. The Hall–Kier alpha value is -1.95. The zero-order valence-electron chi connectivity index (χ0n) is 11.1. The van der Waals surface area contributed by atoms with E-state index in [0.29, 0.717) is 12.8 Å². The van der Waals surface area contributed by atoms with Crippen LogP contribution in [0, 0.1) is 0 Å². The van der Waals surface area contributed by atoms with Gasteiger partial charge in [0.2, 0.25) is 0 Å². The van der Waals surface area contributed by atoms with Crippen molar-refractivity contribution in [1.82, 2.24) is 10.3 Å². The predicted octanol–water partition coefficient (Wildman–Crippen LogP) is 1.20. The molecule has 0 radical (unpaired) electrons. The lowest BCUT2D eigenvalue weighted by Gasteiger charge is -2.36. The molecule has 6 heteroatoms. The van der Waals surface area contributed by atoms with Crippen LogP contribution in [0.25, 0.3) is 0 Å². The van der Waals surface area contributed by atoms with E-state index in [-0.39, 0.29) is 17.9 Å². The molecule has 1 aliphatic carbocycles. The standard InChI is InChI=1S/C14H18N2O4/c17-9-14(6-2-1-3-7-14)16-12(18)11-10(13(19)20)5-4-8-15-11/h4-5,8,17H,1-3,6-7,9H2,(H,16,18)(H,19,20). The van der Waals surface area contributed by atoms with Crippen LogP contribution in [0.5, 0.6) is 0 Å². The van der Waals surface area contributed by atoms with Gasteiger partial charge in [-0.3, -0.25) is 9.78 Å². The largest absolute Gasteiger partial charge is 0.478 e. The van der Waals surface area contributed by atoms with Crippen LogP contribution in [0.1, 0.15) is 53.0 Å². The molecule has 1 aliphatic rings. The van der Waals surface area contributed by atoms with E-state index in [1.165, 1.54) is 18.3 Å². The van der Waals surface area contributed by atoms with E-state index in [4.69, 9.17) is 5.11 Å². The molecule has 1 aromatic rings. The average Bonchev–Trinajstić information content (AvgIpc) is 2.48. The smallest absolute Gasteiger partial charge is 0.338 e. The van der Waals surface area contributed by atoms with Gasteiger partial charge in [0.15, 0.2) is 0 Å². The first-order chi connectivity index (χ1) is 9.58. The second-order valence-corrected chi connectivity index (χ2v) is 5.16. The summed E-state index contributed by atoms with van der Waals surface area (Å²) < 4.78 is 0. The van der Waals surface area contributed by atoms with Crippen LogP contribution < -0.4 is 5.32 Å². The Labute approximate surface area is 116 Å². The van der Waals surface area contributed by atoms with E-state index in [1.54, 1.807) is 0 Å². The van der Waals surface area contributed by atoms with Crippen LogP contribution in [-0.2, 0) is 0 Å². The summed E-state index contributed by atoms with van der Waals surface area (Å²) in [6.45, 7) is -0.145. The van der Waals surface area contributed by atoms with E-state index < -0.39 is 17.4 Å². The zero-order chi connectivity index (χ0) is 14.6. The van der Waals surface area contributed by atoms with Gasteiger partial charge >= 0.3 is 5.97 Å². The predicted molar refractivity (Wildman–Crippen MR) is 71.6 cm³/mol. The minimum atomic E-state index is -1.19. The summed E-state index contributed by atoms with van der Waals surface area (Å²) in [6.07, 6.45) is 5.74. The van der Waals surface area contributed by atoms with E-state index >= 15 is 0 Å². The van der Waals surface area contributed by atoms with Crippen molar-refractivity contribution in [2.45, 2.75) is 37.6 Å². The summed E-state index contributed by atoms with van der Waals surface area (Å²) in [5.41, 5.74) is -0.893. The molecular formula is C14H18N2O4. The SMILES string of the molecule is O=C(O)c1cccnc1C(=O)NC1(CO)CCCCC1. The van der Waals surface area contributed by atoms with Gasteiger partial charge in [-0.2, -0.15) is 0 Å². The number of pyridine rings is 1. The molecular weight excluding hydrogens is 260 g/mol. The van der Waals surface area contributed by atoms with Gasteiger partial charge in [-0.05, 0) is 25.0 Å². The highest BCUT2D eigenvalue weighted by Gasteiger charge is 2.34. The normalized spacial score (nSPS) is 17.4. The third kappa shape index (κ3) is 2.96. The third-order valence-electron chi connectivity index (χ3n) is 3.75. The lowest BCUT2D eigenvalue weighted by Crippen LogP contribution is -2.52. The zero-order valence-corrected chi connectivity index (χ0v) is 11.1. The van der Waals surface area contributed by atoms with Gasteiger partial charge < -0.3 is 15.5 Å². The summed E-state index contributed by atoms with van der Waals surface area (Å²) in [5, 5.41) is 21.4. The molecule has 1 aromatic heterocycles. The molecule has 1 amide bonds. The number of carbonyl (C=O) groups excluding carboxylic acids is 1. The molecule has 108 valence electrons. The Kier molecular flexibility index (Phi) is 4.34. The number of aromatic carboxylic acids is 1. The number of nitrogens with one attached hydrogen (secondary N) is 1. The summed E-state index contributed by atoms with van der Waals surface area (Å²) in [4.78, 5) is 27.2. The van der Waals surface area contributed by atoms with Gasteiger partial charge in [0.25, 0.3) is 5.91 Å². The Balaban J connectivity index is 2.21. The van der Waals surface area contributed by atoms with Crippen molar-refractivity contribution in [2.24, 2.45) is 0 Å². The molecule has 0 saturated heterocycles. The second kappa shape index (κ2) is 6.00. The maximum absolute atomic E-state index is 12.3. The Morgan fingerprint density at radius 2 is 2.00 bits per heavy atom. The molecule has 2 rings (SSSR count). The molecule has 20 heavy (non-hydrogen) atoms. The number of carboxylic acids is 1. The average molecular weight is 278 g/mol. The van der Waals surface area contributed by atoms with E-state index in [9.17, 15) is 14.7 Å². The lowest BCUT2D eigenvalue weighted by molar-refractivity contribution is 0.0676. The summed E-state index contributed by atoms with van der Waals surface area (Å²) in [5.74, 6) is -1.73. The molecule has 1 saturated carbocycles. The highest BCUT2D eigenvalue weighted by Crippen LogP contribution is 2.28. The molecule has 0 spiro atoms. The summed E-state index contributed by atoms with van der Waals surface area (Å²) in [6, 6.07) is 2.82. The van der Waals surface area contributed by atoms with Crippen LogP contribution in [0.2, 0.25) is 0 Å². The molecule has 6 nitrogen and oxygen atoms in total. The number of carbonyl (C=O) groups is 2. The molecule has 1 fully saturated rings. The molecule has 0 atom stereocenters. The van der Waals surface area contributed by atoms with Crippen LogP contribution >= 0.6 is 0 Å². The number of amides is 1. The van der Waals surface area contributed by atoms with Crippen molar-refractivity contribution in [3.63, 3.8) is 0 Å². The van der Waals surface area contributed by atoms with Crippen molar-refractivity contribution < 1.29 is 19.8 Å². The van der Waals surface area contributed by atoms with E-state index in [2.05, 4.69) is 10.3 Å². The van der Waals surface area contributed by atoms with E-state index in [0.717, 1.165) is 19.3 Å². The van der Waals surface area contributed by atoms with Gasteiger partial charge in [0.1, 0.15) is 5.69 Å². The monoisotopic (exact) mass is 278 g/mol. The van der Waals surface area contributed by atoms with Crippen LogP contribution in [0.4, 0.5) is 0 Å². The first-order valence-electron chi connectivity index (χ1n) is 6.70. The first-order valence-corrected chi connectivity index (χ1v) is 6.70. The molecule has 0 bridgehead atoms. The topological polar surface area (TPSA) is 99.5 Å². The third-order valence-corrected chi connectivity index (χ3v) is 3.75. The fraction of sp³-hybridized carbons (Fsp3) is 0.500. The minimum Gasteiger partial charge on any atom is -0.478 e. The highest BCUT2D eigenvalue weighted by molar-refractivity contribution is 6.03. The van der Waals surface area contributed by atoms with Crippen molar-refractivity contribution in [3.05, 3.63) is 29.6 Å². The number of hydrogen-bond donors (Lipinski definition) is 3. The van der Waals surface area contributed by atoms with Crippen molar-refractivity contribution in [1.29, 1.82) is 0 Å². The Bertz CT molecular complexity index is 510. The van der Waals surface area contributed by atoms with Gasteiger partial charge in [0, 0.05) is 6.20 Å². The molecule has 1 heterocycles. The van der Waals surface area contributed by atoms with Crippen molar-refractivity contribution in [2.75, 3.05) is 6.61 Å². The minimum absolute atomic E-state index is 0.113. The highest BCUT2D eigenvalue weighted by atomic mass is 16.4. The Morgan fingerprint density at radius 3 is 2.60 bits per heavy atom. The van der Waals surface area contributed by atoms with Crippen LogP contribution in [-0.4, -0.2) is 39.2 Å². The number of aromatic nitrogens is 1. The van der Waals surface area contributed by atoms with Crippen molar-refractivity contribution >= 4 is 11.9 Å². The maximum atomic E-state index is 12.3. The fourth-order valence-electron chi connectivity index (χ4n) is 2.61. The Morgan fingerprint density at radius 1 is 1.30 bits per heavy atom.